The Balaban J connectivity index is 2.86. The van der Waals surface area contributed by atoms with Crippen molar-refractivity contribution in [2.75, 3.05) is 13.6 Å². The average molecular weight is 334 g/mol. The van der Waals surface area contributed by atoms with Gasteiger partial charge in [-0.05, 0) is 32.3 Å². The molecule has 1 aromatic rings. The molecule has 1 rings (SSSR count). The van der Waals surface area contributed by atoms with Crippen molar-refractivity contribution in [2.45, 2.75) is 52.7 Å². The van der Waals surface area contributed by atoms with Crippen LogP contribution in [0.1, 0.15) is 40.2 Å². The Bertz CT molecular complexity index is 535. The highest BCUT2D eigenvalue weighted by atomic mass is 16.6. The largest absolute Gasteiger partial charge is 0.444 e. The summed E-state index contributed by atoms with van der Waals surface area (Å²) < 4.78 is 5.30. The van der Waals surface area contributed by atoms with Crippen LogP contribution >= 0.6 is 0 Å². The van der Waals surface area contributed by atoms with Crippen LogP contribution in [0.25, 0.3) is 0 Å². The zero-order chi connectivity index (χ0) is 18.3. The number of hydrogen-bond acceptors (Lipinski definition) is 3. The quantitative estimate of drug-likeness (QED) is 0.869. The van der Waals surface area contributed by atoms with Crippen molar-refractivity contribution < 1.29 is 14.3 Å². The first-order valence-electron chi connectivity index (χ1n) is 8.37. The smallest absolute Gasteiger partial charge is 0.408 e. The average Bonchev–Trinajstić information content (AvgIpc) is 2.44. The summed E-state index contributed by atoms with van der Waals surface area (Å²) in [5.74, 6) is 0.247. The Morgan fingerprint density at radius 1 is 1.17 bits per heavy atom. The van der Waals surface area contributed by atoms with E-state index in [0.29, 0.717) is 18.9 Å². The van der Waals surface area contributed by atoms with Crippen LogP contribution in [0.15, 0.2) is 30.3 Å². The molecule has 24 heavy (non-hydrogen) atoms. The first-order valence-corrected chi connectivity index (χ1v) is 8.37. The Labute approximate surface area is 145 Å². The van der Waals surface area contributed by atoms with Gasteiger partial charge < -0.3 is 15.0 Å². The molecule has 0 radical (unpaired) electrons. The van der Waals surface area contributed by atoms with Crippen LogP contribution < -0.4 is 5.32 Å². The Morgan fingerprint density at radius 2 is 1.75 bits per heavy atom. The second kappa shape index (κ2) is 8.71. The molecule has 1 aromatic carbocycles. The Hall–Kier alpha value is -2.04. The monoisotopic (exact) mass is 334 g/mol. The van der Waals surface area contributed by atoms with Crippen molar-refractivity contribution in [3.8, 4) is 0 Å². The van der Waals surface area contributed by atoms with E-state index in [0.717, 1.165) is 5.56 Å². The lowest BCUT2D eigenvalue weighted by Gasteiger charge is -2.27. The van der Waals surface area contributed by atoms with Crippen molar-refractivity contribution in [1.82, 2.24) is 10.2 Å². The minimum atomic E-state index is -0.647. The van der Waals surface area contributed by atoms with Gasteiger partial charge in [0.05, 0.1) is 0 Å². The molecular weight excluding hydrogens is 304 g/mol. The van der Waals surface area contributed by atoms with E-state index < -0.39 is 17.7 Å². The first kappa shape index (κ1) is 20.0. The number of hydrogen-bond donors (Lipinski definition) is 1. The summed E-state index contributed by atoms with van der Waals surface area (Å²) in [5, 5.41) is 2.72. The van der Waals surface area contributed by atoms with Gasteiger partial charge in [-0.15, -0.1) is 0 Å². The number of amides is 2. The van der Waals surface area contributed by atoms with E-state index in [1.807, 2.05) is 30.3 Å². The molecule has 0 fully saturated rings. The van der Waals surface area contributed by atoms with Gasteiger partial charge in [0.1, 0.15) is 11.6 Å². The van der Waals surface area contributed by atoms with Crippen molar-refractivity contribution in [3.05, 3.63) is 35.9 Å². The van der Waals surface area contributed by atoms with Crippen LogP contribution in [-0.4, -0.2) is 42.1 Å². The molecule has 0 aliphatic carbocycles. The third kappa shape index (κ3) is 7.49. The summed E-state index contributed by atoms with van der Waals surface area (Å²) in [6.45, 7) is 10.1. The number of nitrogens with one attached hydrogen (secondary N) is 1. The Kier molecular flexibility index (Phi) is 7.26. The normalized spacial score (nSPS) is 12.6. The minimum absolute atomic E-state index is 0.113. The van der Waals surface area contributed by atoms with Crippen LogP contribution in [0.3, 0.4) is 0 Å². The topological polar surface area (TPSA) is 58.6 Å². The third-order valence-corrected chi connectivity index (χ3v) is 3.29. The SMILES string of the molecule is CC(C)CN(C)C(=O)[C@H](Cc1ccccc1)NC(=O)OC(C)(C)C. The predicted molar refractivity (Wildman–Crippen MR) is 95.8 cm³/mol. The fraction of sp³-hybridized carbons (Fsp3) is 0.579. The zero-order valence-electron chi connectivity index (χ0n) is 15.6. The molecule has 5 nitrogen and oxygen atoms in total. The lowest BCUT2D eigenvalue weighted by Crippen LogP contribution is -2.50. The number of benzene rings is 1. The summed E-state index contributed by atoms with van der Waals surface area (Å²) in [6, 6.07) is 9.00. The molecule has 2 amide bonds. The lowest BCUT2D eigenvalue weighted by atomic mass is 10.0. The maximum absolute atomic E-state index is 12.7. The zero-order valence-corrected chi connectivity index (χ0v) is 15.6. The lowest BCUT2D eigenvalue weighted by molar-refractivity contribution is -0.132. The highest BCUT2D eigenvalue weighted by molar-refractivity contribution is 5.85. The number of rotatable bonds is 6. The number of carbonyl (C=O) groups is 2. The number of nitrogens with zero attached hydrogens (tertiary/aromatic N) is 1. The summed E-state index contributed by atoms with van der Waals surface area (Å²) in [4.78, 5) is 26.5. The molecule has 0 saturated carbocycles. The fourth-order valence-electron chi connectivity index (χ4n) is 2.40. The molecule has 0 aromatic heterocycles. The summed E-state index contributed by atoms with van der Waals surface area (Å²) in [7, 11) is 1.76. The predicted octanol–water partition coefficient (Wildman–Crippen LogP) is 3.24. The molecule has 0 unspecified atom stereocenters. The molecule has 0 aliphatic rings. The van der Waals surface area contributed by atoms with E-state index in [4.69, 9.17) is 4.74 Å². The number of alkyl carbamates (subject to hydrolysis) is 1. The van der Waals surface area contributed by atoms with Gasteiger partial charge >= 0.3 is 6.09 Å². The first-order chi connectivity index (χ1) is 11.1. The summed E-state index contributed by atoms with van der Waals surface area (Å²) in [6.07, 6.45) is -0.142. The highest BCUT2D eigenvalue weighted by Gasteiger charge is 2.27. The molecule has 1 N–H and O–H groups in total. The van der Waals surface area contributed by atoms with Crippen LogP contribution in [-0.2, 0) is 16.0 Å². The molecule has 134 valence electrons. The molecule has 0 spiro atoms. The maximum atomic E-state index is 12.7. The second-order valence-corrected chi connectivity index (χ2v) is 7.50. The number of likely N-dealkylation sites (N-methyl/N-ethyl adjacent to an activating group) is 1. The molecule has 1 atom stereocenters. The van der Waals surface area contributed by atoms with Gasteiger partial charge in [0, 0.05) is 20.0 Å². The van der Waals surface area contributed by atoms with Crippen LogP contribution in [0.4, 0.5) is 4.79 Å². The van der Waals surface area contributed by atoms with Gasteiger partial charge in [-0.1, -0.05) is 44.2 Å². The van der Waals surface area contributed by atoms with Gasteiger partial charge in [0.2, 0.25) is 5.91 Å². The fourth-order valence-corrected chi connectivity index (χ4v) is 2.40. The van der Waals surface area contributed by atoms with Crippen molar-refractivity contribution in [2.24, 2.45) is 5.92 Å². The maximum Gasteiger partial charge on any atom is 0.408 e. The van der Waals surface area contributed by atoms with Gasteiger partial charge in [-0.2, -0.15) is 0 Å². The molecule has 5 heteroatoms. The van der Waals surface area contributed by atoms with Crippen LogP contribution in [0, 0.1) is 5.92 Å². The van der Waals surface area contributed by atoms with E-state index in [-0.39, 0.29) is 5.91 Å². The summed E-state index contributed by atoms with van der Waals surface area (Å²) >= 11 is 0. The molecule has 0 heterocycles. The molecule has 0 bridgehead atoms. The number of carbonyl (C=O) groups excluding carboxylic acids is 2. The van der Waals surface area contributed by atoms with Crippen molar-refractivity contribution in [1.29, 1.82) is 0 Å². The standard InChI is InChI=1S/C19H30N2O3/c1-14(2)13-21(6)17(22)16(12-15-10-8-7-9-11-15)20-18(23)24-19(3,4)5/h7-11,14,16H,12-13H2,1-6H3,(H,20,23)/t16-/m0/s1. The second-order valence-electron chi connectivity index (χ2n) is 7.50. The molecule has 0 aliphatic heterocycles. The third-order valence-electron chi connectivity index (χ3n) is 3.29. The van der Waals surface area contributed by atoms with Gasteiger partial charge in [0.15, 0.2) is 0 Å². The van der Waals surface area contributed by atoms with Gasteiger partial charge in [-0.3, -0.25) is 4.79 Å². The Morgan fingerprint density at radius 3 is 2.25 bits per heavy atom. The summed E-state index contributed by atoms with van der Waals surface area (Å²) in [5.41, 5.74) is 0.388. The van der Waals surface area contributed by atoms with Gasteiger partial charge in [-0.25, -0.2) is 4.79 Å². The molecule has 0 saturated heterocycles. The molecular formula is C19H30N2O3. The van der Waals surface area contributed by atoms with E-state index in [2.05, 4.69) is 19.2 Å². The van der Waals surface area contributed by atoms with Crippen LogP contribution in [0.5, 0.6) is 0 Å². The van der Waals surface area contributed by atoms with Crippen molar-refractivity contribution in [3.63, 3.8) is 0 Å². The van der Waals surface area contributed by atoms with Crippen LogP contribution in [0.2, 0.25) is 0 Å². The van der Waals surface area contributed by atoms with Crippen molar-refractivity contribution >= 4 is 12.0 Å². The number of ether oxygens (including phenoxy) is 1. The highest BCUT2D eigenvalue weighted by Crippen LogP contribution is 2.10. The van der Waals surface area contributed by atoms with Gasteiger partial charge in [0.25, 0.3) is 0 Å². The van der Waals surface area contributed by atoms with E-state index >= 15 is 0 Å². The minimum Gasteiger partial charge on any atom is -0.444 e. The van der Waals surface area contributed by atoms with E-state index in [1.165, 1.54) is 0 Å². The van der Waals surface area contributed by atoms with E-state index in [1.54, 1.807) is 32.7 Å². The van der Waals surface area contributed by atoms with E-state index in [9.17, 15) is 9.59 Å².